The molecule has 2 aliphatic rings. The molecule has 2 fully saturated rings. The molecule has 2 amide bonds. The quantitative estimate of drug-likeness (QED) is 0.816. The summed E-state index contributed by atoms with van der Waals surface area (Å²) in [4.78, 5) is 36.6. The largest absolute Gasteiger partial charge is 0.355 e. The van der Waals surface area contributed by atoms with Gasteiger partial charge in [0.1, 0.15) is 5.67 Å². The molecule has 1 saturated heterocycles. The van der Waals surface area contributed by atoms with Crippen molar-refractivity contribution in [3.63, 3.8) is 0 Å². The Kier molecular flexibility index (Phi) is 3.92. The lowest BCUT2D eigenvalue weighted by atomic mass is 9.78. The van der Waals surface area contributed by atoms with Crippen molar-refractivity contribution in [2.24, 2.45) is 5.92 Å². The molecule has 1 saturated carbocycles. The van der Waals surface area contributed by atoms with E-state index < -0.39 is 29.2 Å². The molecule has 1 aromatic rings. The van der Waals surface area contributed by atoms with Gasteiger partial charge in [0, 0.05) is 25.4 Å². The maximum Gasteiger partial charge on any atom is 0.287 e. The monoisotopic (exact) mass is 318 g/mol. The number of rotatable bonds is 4. The molecule has 2 atom stereocenters. The van der Waals surface area contributed by atoms with Crippen LogP contribution in [0.1, 0.15) is 31.2 Å². The van der Waals surface area contributed by atoms with Gasteiger partial charge in [-0.3, -0.25) is 14.4 Å². The zero-order valence-corrected chi connectivity index (χ0v) is 12.8. The first kappa shape index (κ1) is 15.6. The van der Waals surface area contributed by atoms with Gasteiger partial charge in [-0.2, -0.15) is 0 Å². The van der Waals surface area contributed by atoms with Gasteiger partial charge in [-0.15, -0.1) is 0 Å². The van der Waals surface area contributed by atoms with Crippen LogP contribution in [0.2, 0.25) is 0 Å². The molecule has 0 spiro atoms. The predicted molar refractivity (Wildman–Crippen MR) is 81.4 cm³/mol. The third kappa shape index (κ3) is 3.11. The zero-order valence-electron chi connectivity index (χ0n) is 12.8. The van der Waals surface area contributed by atoms with Crippen LogP contribution in [-0.2, 0) is 14.4 Å². The highest BCUT2D eigenvalue weighted by Crippen LogP contribution is 2.35. The van der Waals surface area contributed by atoms with E-state index in [9.17, 15) is 18.8 Å². The number of nitrogens with one attached hydrogen (secondary N) is 2. The molecule has 23 heavy (non-hydrogen) atoms. The highest BCUT2D eigenvalue weighted by Gasteiger charge is 2.45. The molecule has 122 valence electrons. The van der Waals surface area contributed by atoms with Gasteiger partial charge in [-0.1, -0.05) is 30.3 Å². The van der Waals surface area contributed by atoms with Crippen LogP contribution in [0.25, 0.3) is 0 Å². The van der Waals surface area contributed by atoms with Crippen molar-refractivity contribution in [1.29, 1.82) is 0 Å². The standard InChI is InChI=1S/C17H19FN2O3/c1-17(18)7-11(8-17)20-16(23)14(21)12-9-19-15(22)13(12)10-5-3-2-4-6-10/h2-6,11-13H,7-9H2,1H3,(H,19,22)(H,20,23)/t11?,12?,13-,17?/m1/s1. The molecular weight excluding hydrogens is 299 g/mol. The fourth-order valence-corrected chi connectivity index (χ4v) is 3.40. The number of Topliss-reactive ketones (excluding diaryl/α,β-unsaturated/α-hetero) is 1. The van der Waals surface area contributed by atoms with Crippen molar-refractivity contribution < 1.29 is 18.8 Å². The first-order chi connectivity index (χ1) is 10.9. The molecule has 2 N–H and O–H groups in total. The number of amides is 2. The number of carbonyl (C=O) groups excluding carboxylic acids is 3. The number of ketones is 1. The Labute approximate surface area is 133 Å². The summed E-state index contributed by atoms with van der Waals surface area (Å²) in [5.41, 5.74) is -0.549. The second-order valence-corrected chi connectivity index (χ2v) is 6.60. The summed E-state index contributed by atoms with van der Waals surface area (Å²) in [6.07, 6.45) is 0.436. The summed E-state index contributed by atoms with van der Waals surface area (Å²) in [6, 6.07) is 8.65. The van der Waals surface area contributed by atoms with Crippen LogP contribution in [0.5, 0.6) is 0 Å². The predicted octanol–water partition coefficient (Wildman–Crippen LogP) is 1.09. The van der Waals surface area contributed by atoms with Crippen LogP contribution in [0.4, 0.5) is 4.39 Å². The summed E-state index contributed by atoms with van der Waals surface area (Å²) in [5.74, 6) is -2.97. The SMILES string of the molecule is CC1(F)CC(NC(=O)C(=O)C2CNC(=O)[C@@H]2c2ccccc2)C1. The lowest BCUT2D eigenvalue weighted by Crippen LogP contribution is -2.53. The van der Waals surface area contributed by atoms with E-state index in [0.29, 0.717) is 5.56 Å². The van der Waals surface area contributed by atoms with Gasteiger partial charge in [-0.25, -0.2) is 4.39 Å². The molecule has 5 nitrogen and oxygen atoms in total. The topological polar surface area (TPSA) is 75.3 Å². The number of hydrogen-bond acceptors (Lipinski definition) is 3. The number of alkyl halides is 1. The number of benzene rings is 1. The van der Waals surface area contributed by atoms with Crippen molar-refractivity contribution in [1.82, 2.24) is 10.6 Å². The van der Waals surface area contributed by atoms with E-state index >= 15 is 0 Å². The van der Waals surface area contributed by atoms with Gasteiger partial charge in [-0.05, 0) is 12.5 Å². The second-order valence-electron chi connectivity index (χ2n) is 6.60. The van der Waals surface area contributed by atoms with Crippen LogP contribution in [-0.4, -0.2) is 35.9 Å². The van der Waals surface area contributed by atoms with Crippen molar-refractivity contribution in [3.05, 3.63) is 35.9 Å². The van der Waals surface area contributed by atoms with Crippen molar-refractivity contribution in [3.8, 4) is 0 Å². The normalized spacial score (nSPS) is 32.8. The van der Waals surface area contributed by atoms with Gasteiger partial charge in [0.2, 0.25) is 11.7 Å². The van der Waals surface area contributed by atoms with Gasteiger partial charge in [0.05, 0.1) is 11.8 Å². The average molecular weight is 318 g/mol. The maximum absolute atomic E-state index is 13.5. The molecule has 3 rings (SSSR count). The molecule has 0 radical (unpaired) electrons. The first-order valence-electron chi connectivity index (χ1n) is 7.74. The third-order valence-electron chi connectivity index (χ3n) is 4.58. The Bertz CT molecular complexity index is 636. The van der Waals surface area contributed by atoms with Crippen LogP contribution in [0.3, 0.4) is 0 Å². The molecule has 1 aliphatic heterocycles. The molecule has 1 aromatic carbocycles. The van der Waals surface area contributed by atoms with E-state index in [0.717, 1.165) is 0 Å². The van der Waals surface area contributed by atoms with Gasteiger partial charge in [0.15, 0.2) is 0 Å². The molecule has 1 unspecified atom stereocenters. The van der Waals surface area contributed by atoms with Crippen molar-refractivity contribution >= 4 is 17.6 Å². The smallest absolute Gasteiger partial charge is 0.287 e. The second kappa shape index (κ2) is 5.76. The molecule has 0 aromatic heterocycles. The third-order valence-corrected chi connectivity index (χ3v) is 4.58. The Hall–Kier alpha value is -2.24. The van der Waals surface area contributed by atoms with Crippen molar-refractivity contribution in [2.45, 2.75) is 37.4 Å². The minimum Gasteiger partial charge on any atom is -0.355 e. The molecule has 1 heterocycles. The molecular formula is C17H19FN2O3. The Morgan fingerprint density at radius 2 is 1.91 bits per heavy atom. The van der Waals surface area contributed by atoms with E-state index in [1.165, 1.54) is 6.92 Å². The summed E-state index contributed by atoms with van der Waals surface area (Å²) < 4.78 is 13.5. The van der Waals surface area contributed by atoms with E-state index in [1.807, 2.05) is 6.07 Å². The lowest BCUT2D eigenvalue weighted by molar-refractivity contribution is -0.141. The summed E-state index contributed by atoms with van der Waals surface area (Å²) >= 11 is 0. The highest BCUT2D eigenvalue weighted by atomic mass is 19.1. The van der Waals surface area contributed by atoms with Crippen LogP contribution in [0, 0.1) is 5.92 Å². The summed E-state index contributed by atoms with van der Waals surface area (Å²) in [5, 5.41) is 5.22. The Balaban J connectivity index is 1.68. The molecule has 1 aliphatic carbocycles. The summed E-state index contributed by atoms with van der Waals surface area (Å²) in [7, 11) is 0. The molecule has 6 heteroatoms. The minimum atomic E-state index is -1.27. The van der Waals surface area contributed by atoms with Gasteiger partial charge in [0.25, 0.3) is 5.91 Å². The Morgan fingerprint density at radius 1 is 1.26 bits per heavy atom. The fourth-order valence-electron chi connectivity index (χ4n) is 3.40. The van der Waals surface area contributed by atoms with Gasteiger partial charge < -0.3 is 10.6 Å². The van der Waals surface area contributed by atoms with Crippen LogP contribution in [0.15, 0.2) is 30.3 Å². The van der Waals surface area contributed by atoms with Gasteiger partial charge >= 0.3 is 0 Å². The molecule has 0 bridgehead atoms. The zero-order chi connectivity index (χ0) is 16.6. The number of halogens is 1. The van der Waals surface area contributed by atoms with E-state index in [2.05, 4.69) is 10.6 Å². The Morgan fingerprint density at radius 3 is 2.52 bits per heavy atom. The number of hydrogen-bond donors (Lipinski definition) is 2. The van der Waals surface area contributed by atoms with Crippen LogP contribution < -0.4 is 10.6 Å². The van der Waals surface area contributed by atoms with E-state index in [-0.39, 0.29) is 31.3 Å². The van der Waals surface area contributed by atoms with Crippen molar-refractivity contribution in [2.75, 3.05) is 6.54 Å². The van der Waals surface area contributed by atoms with Crippen LogP contribution >= 0.6 is 0 Å². The fraction of sp³-hybridized carbons (Fsp3) is 0.471. The summed E-state index contributed by atoms with van der Waals surface area (Å²) in [6.45, 7) is 1.62. The maximum atomic E-state index is 13.5. The van der Waals surface area contributed by atoms with E-state index in [1.54, 1.807) is 24.3 Å². The first-order valence-corrected chi connectivity index (χ1v) is 7.74. The lowest BCUT2D eigenvalue weighted by Gasteiger charge is -2.38. The highest BCUT2D eigenvalue weighted by molar-refractivity contribution is 6.38. The number of carbonyl (C=O) groups is 3. The van der Waals surface area contributed by atoms with E-state index in [4.69, 9.17) is 0 Å². The minimum absolute atomic E-state index is 0.149. The average Bonchev–Trinajstić information content (AvgIpc) is 2.87.